The van der Waals surface area contributed by atoms with Gasteiger partial charge in [-0.25, -0.2) is 0 Å². The average molecular weight is 281 g/mol. The van der Waals surface area contributed by atoms with E-state index in [1.54, 1.807) is 0 Å². The molecule has 1 aromatic heterocycles. The summed E-state index contributed by atoms with van der Waals surface area (Å²) in [6.45, 7) is 5.56. The molecule has 0 aromatic carbocycles. The second kappa shape index (κ2) is 6.83. The molecule has 6 nitrogen and oxygen atoms in total. The van der Waals surface area contributed by atoms with Crippen LogP contribution in [0.15, 0.2) is 4.52 Å². The first-order chi connectivity index (χ1) is 9.56. The Morgan fingerprint density at radius 3 is 3.00 bits per heavy atom. The summed E-state index contributed by atoms with van der Waals surface area (Å²) in [4.78, 5) is 17.3. The van der Waals surface area contributed by atoms with E-state index in [0.717, 1.165) is 19.4 Å². The molecule has 20 heavy (non-hydrogen) atoms. The van der Waals surface area contributed by atoms with E-state index >= 15 is 0 Å². The van der Waals surface area contributed by atoms with E-state index < -0.39 is 5.97 Å². The molecule has 2 rings (SSSR count). The highest BCUT2D eigenvalue weighted by Gasteiger charge is 2.26. The third kappa shape index (κ3) is 4.03. The van der Waals surface area contributed by atoms with Gasteiger partial charge in [-0.2, -0.15) is 4.98 Å². The number of aliphatic carboxylic acids is 1. The van der Waals surface area contributed by atoms with Crippen molar-refractivity contribution in [3.8, 4) is 0 Å². The molecule has 0 spiro atoms. The van der Waals surface area contributed by atoms with Gasteiger partial charge in [0.2, 0.25) is 5.89 Å². The van der Waals surface area contributed by atoms with Crippen molar-refractivity contribution in [1.29, 1.82) is 0 Å². The van der Waals surface area contributed by atoms with Gasteiger partial charge < -0.3 is 9.63 Å². The van der Waals surface area contributed by atoms with Crippen LogP contribution in [0.3, 0.4) is 0 Å². The number of carboxylic acid groups (broad SMARTS) is 1. The fraction of sp³-hybridized carbons (Fsp3) is 0.786. The summed E-state index contributed by atoms with van der Waals surface area (Å²) in [5.41, 5.74) is 0. The van der Waals surface area contributed by atoms with Gasteiger partial charge in [-0.15, -0.1) is 0 Å². The SMILES string of the molecule is CC(C)N1CCCCC1Cc1noc(CCC(=O)O)n1. The summed E-state index contributed by atoms with van der Waals surface area (Å²) < 4.78 is 5.11. The molecule has 1 N–H and O–H groups in total. The van der Waals surface area contributed by atoms with E-state index in [9.17, 15) is 4.79 Å². The second-order valence-electron chi connectivity index (χ2n) is 5.68. The molecule has 112 valence electrons. The summed E-state index contributed by atoms with van der Waals surface area (Å²) >= 11 is 0. The van der Waals surface area contributed by atoms with Crippen molar-refractivity contribution >= 4 is 5.97 Å². The van der Waals surface area contributed by atoms with E-state index in [-0.39, 0.29) is 6.42 Å². The molecule has 0 saturated carbocycles. The highest BCUT2D eigenvalue weighted by molar-refractivity contribution is 5.66. The lowest BCUT2D eigenvalue weighted by molar-refractivity contribution is -0.137. The van der Waals surface area contributed by atoms with Gasteiger partial charge in [-0.05, 0) is 33.2 Å². The minimum atomic E-state index is -0.844. The van der Waals surface area contributed by atoms with Crippen LogP contribution in [0.2, 0.25) is 0 Å². The molecule has 1 fully saturated rings. The number of nitrogens with zero attached hydrogens (tertiary/aromatic N) is 3. The van der Waals surface area contributed by atoms with E-state index in [1.165, 1.54) is 12.8 Å². The number of carbonyl (C=O) groups is 1. The Kier molecular flexibility index (Phi) is 5.11. The Morgan fingerprint density at radius 2 is 2.30 bits per heavy atom. The Hall–Kier alpha value is -1.43. The van der Waals surface area contributed by atoms with Crippen LogP contribution in [0.25, 0.3) is 0 Å². The van der Waals surface area contributed by atoms with E-state index in [0.29, 0.717) is 30.2 Å². The Bertz CT molecular complexity index is 445. The van der Waals surface area contributed by atoms with Crippen molar-refractivity contribution in [1.82, 2.24) is 15.0 Å². The van der Waals surface area contributed by atoms with E-state index in [1.807, 2.05) is 0 Å². The zero-order chi connectivity index (χ0) is 14.5. The minimum absolute atomic E-state index is 0.0309. The number of rotatable bonds is 6. The molecule has 1 aromatic rings. The molecular formula is C14H23N3O3. The van der Waals surface area contributed by atoms with Crippen LogP contribution in [0.5, 0.6) is 0 Å². The lowest BCUT2D eigenvalue weighted by Crippen LogP contribution is -2.45. The minimum Gasteiger partial charge on any atom is -0.481 e. The van der Waals surface area contributed by atoms with Gasteiger partial charge in [0, 0.05) is 24.9 Å². The molecule has 1 saturated heterocycles. The highest BCUT2D eigenvalue weighted by atomic mass is 16.5. The van der Waals surface area contributed by atoms with Crippen molar-refractivity contribution in [2.24, 2.45) is 0 Å². The lowest BCUT2D eigenvalue weighted by Gasteiger charge is -2.38. The van der Waals surface area contributed by atoms with Crippen LogP contribution in [-0.2, 0) is 17.6 Å². The zero-order valence-corrected chi connectivity index (χ0v) is 12.2. The number of likely N-dealkylation sites (tertiary alicyclic amines) is 1. The molecule has 1 unspecified atom stereocenters. The maximum atomic E-state index is 10.5. The Morgan fingerprint density at radius 1 is 1.50 bits per heavy atom. The van der Waals surface area contributed by atoms with Crippen molar-refractivity contribution in [3.05, 3.63) is 11.7 Å². The van der Waals surface area contributed by atoms with Crippen molar-refractivity contribution in [2.45, 2.75) is 64.5 Å². The van der Waals surface area contributed by atoms with Crippen molar-refractivity contribution in [2.75, 3.05) is 6.54 Å². The first-order valence-electron chi connectivity index (χ1n) is 7.35. The van der Waals surface area contributed by atoms with E-state index in [2.05, 4.69) is 28.9 Å². The van der Waals surface area contributed by atoms with Gasteiger partial charge in [-0.3, -0.25) is 9.69 Å². The maximum absolute atomic E-state index is 10.5. The fourth-order valence-electron chi connectivity index (χ4n) is 2.82. The first kappa shape index (κ1) is 15.0. The van der Waals surface area contributed by atoms with Crippen LogP contribution in [0, 0.1) is 0 Å². The number of carboxylic acids is 1. The summed E-state index contributed by atoms with van der Waals surface area (Å²) in [6.07, 6.45) is 4.79. The summed E-state index contributed by atoms with van der Waals surface area (Å²) in [7, 11) is 0. The Labute approximate surface area is 119 Å². The number of piperidine rings is 1. The van der Waals surface area contributed by atoms with Gasteiger partial charge in [0.05, 0.1) is 6.42 Å². The number of aryl methyl sites for hydroxylation is 1. The number of hydrogen-bond donors (Lipinski definition) is 1. The summed E-state index contributed by atoms with van der Waals surface area (Å²) in [6, 6.07) is 0.993. The molecule has 6 heteroatoms. The van der Waals surface area contributed by atoms with Gasteiger partial charge in [-0.1, -0.05) is 11.6 Å². The van der Waals surface area contributed by atoms with Crippen LogP contribution in [0.4, 0.5) is 0 Å². The zero-order valence-electron chi connectivity index (χ0n) is 12.2. The number of hydrogen-bond acceptors (Lipinski definition) is 5. The fourth-order valence-corrected chi connectivity index (χ4v) is 2.82. The third-order valence-corrected chi connectivity index (χ3v) is 3.82. The lowest BCUT2D eigenvalue weighted by atomic mass is 9.97. The van der Waals surface area contributed by atoms with Crippen LogP contribution in [0.1, 0.15) is 51.2 Å². The molecule has 0 amide bonds. The standard InChI is InChI=1S/C14H23N3O3/c1-10(2)17-8-4-3-5-11(17)9-12-15-13(20-16-12)6-7-14(18)19/h10-11H,3-9H2,1-2H3,(H,18,19). The Balaban J connectivity index is 1.93. The molecule has 2 heterocycles. The molecule has 1 atom stereocenters. The number of aromatic nitrogens is 2. The summed E-state index contributed by atoms with van der Waals surface area (Å²) in [5.74, 6) is 0.278. The normalized spacial score (nSPS) is 20.4. The molecule has 1 aliphatic rings. The van der Waals surface area contributed by atoms with Crippen molar-refractivity contribution in [3.63, 3.8) is 0 Å². The predicted octanol–water partition coefficient (Wildman–Crippen LogP) is 1.89. The molecule has 0 bridgehead atoms. The van der Waals surface area contributed by atoms with Crippen LogP contribution in [-0.4, -0.2) is 44.7 Å². The van der Waals surface area contributed by atoms with Gasteiger partial charge in [0.25, 0.3) is 0 Å². The largest absolute Gasteiger partial charge is 0.481 e. The smallest absolute Gasteiger partial charge is 0.303 e. The van der Waals surface area contributed by atoms with E-state index in [4.69, 9.17) is 9.63 Å². The molecule has 0 aliphatic carbocycles. The third-order valence-electron chi connectivity index (χ3n) is 3.82. The second-order valence-corrected chi connectivity index (χ2v) is 5.68. The molecule has 1 aliphatic heterocycles. The van der Waals surface area contributed by atoms with Gasteiger partial charge in [0.15, 0.2) is 5.82 Å². The highest BCUT2D eigenvalue weighted by Crippen LogP contribution is 2.22. The first-order valence-corrected chi connectivity index (χ1v) is 7.35. The topological polar surface area (TPSA) is 79.5 Å². The quantitative estimate of drug-likeness (QED) is 0.857. The van der Waals surface area contributed by atoms with Crippen molar-refractivity contribution < 1.29 is 14.4 Å². The predicted molar refractivity (Wildman–Crippen MR) is 73.4 cm³/mol. The van der Waals surface area contributed by atoms with Crippen LogP contribution >= 0.6 is 0 Å². The van der Waals surface area contributed by atoms with Gasteiger partial charge >= 0.3 is 5.97 Å². The monoisotopic (exact) mass is 281 g/mol. The summed E-state index contributed by atoms with van der Waals surface area (Å²) in [5, 5.41) is 12.6. The van der Waals surface area contributed by atoms with Gasteiger partial charge in [0.1, 0.15) is 0 Å². The molecular weight excluding hydrogens is 258 g/mol. The molecule has 0 radical (unpaired) electrons. The van der Waals surface area contributed by atoms with Crippen LogP contribution < -0.4 is 0 Å². The average Bonchev–Trinajstić information content (AvgIpc) is 2.84. The maximum Gasteiger partial charge on any atom is 0.303 e.